The molecule has 0 radical (unpaired) electrons. The number of thiophene rings is 1. The molecule has 0 aliphatic heterocycles. The summed E-state index contributed by atoms with van der Waals surface area (Å²) < 4.78 is 1.10. The highest BCUT2D eigenvalue weighted by atomic mass is 32.1. The maximum Gasteiger partial charge on any atom is 0.258 e. The standard InChI is InChI=1S/C17H11N3OS2/c21-15(13-10-22-14-9-5-4-8-12(13)14)18-17-20-19-16(23-17)11-6-2-1-3-7-11/h1-10H,(H,18,20,21). The Hall–Kier alpha value is -2.57. The fraction of sp³-hybridized carbons (Fsp3) is 0. The van der Waals surface area contributed by atoms with Gasteiger partial charge < -0.3 is 0 Å². The van der Waals surface area contributed by atoms with E-state index in [1.165, 1.54) is 11.3 Å². The molecule has 0 spiro atoms. The number of rotatable bonds is 3. The molecule has 0 aliphatic carbocycles. The minimum Gasteiger partial charge on any atom is -0.296 e. The highest BCUT2D eigenvalue weighted by molar-refractivity contribution is 7.18. The molecule has 0 saturated carbocycles. The minimum atomic E-state index is -0.154. The van der Waals surface area contributed by atoms with Gasteiger partial charge in [-0.15, -0.1) is 21.5 Å². The quantitative estimate of drug-likeness (QED) is 0.591. The highest BCUT2D eigenvalue weighted by Gasteiger charge is 2.14. The van der Waals surface area contributed by atoms with Crippen molar-refractivity contribution in [3.05, 3.63) is 65.5 Å². The molecule has 0 unspecified atom stereocenters. The van der Waals surface area contributed by atoms with Gasteiger partial charge in [0.05, 0.1) is 5.56 Å². The van der Waals surface area contributed by atoms with Crippen molar-refractivity contribution >= 4 is 43.8 Å². The third-order valence-corrected chi connectivity index (χ3v) is 5.24. The second-order valence-corrected chi connectivity index (χ2v) is 6.77. The van der Waals surface area contributed by atoms with E-state index >= 15 is 0 Å². The molecule has 4 nitrogen and oxygen atoms in total. The molecular formula is C17H11N3OS2. The molecule has 0 aliphatic rings. The van der Waals surface area contributed by atoms with E-state index in [1.807, 2.05) is 60.0 Å². The number of hydrogen-bond acceptors (Lipinski definition) is 5. The molecule has 0 saturated heterocycles. The first kappa shape index (κ1) is 14.0. The van der Waals surface area contributed by atoms with Crippen molar-refractivity contribution in [2.45, 2.75) is 0 Å². The summed E-state index contributed by atoms with van der Waals surface area (Å²) in [4.78, 5) is 12.5. The number of nitrogens with zero attached hydrogens (tertiary/aromatic N) is 2. The van der Waals surface area contributed by atoms with Gasteiger partial charge in [-0.1, -0.05) is 59.9 Å². The average Bonchev–Trinajstić information content (AvgIpc) is 3.22. The van der Waals surface area contributed by atoms with Crippen LogP contribution in [-0.4, -0.2) is 16.1 Å². The summed E-state index contributed by atoms with van der Waals surface area (Å²) in [5.74, 6) is -0.154. The van der Waals surface area contributed by atoms with Gasteiger partial charge in [0, 0.05) is 21.0 Å². The van der Waals surface area contributed by atoms with E-state index in [0.29, 0.717) is 10.7 Å². The topological polar surface area (TPSA) is 54.9 Å². The zero-order chi connectivity index (χ0) is 15.6. The first-order chi connectivity index (χ1) is 11.3. The summed E-state index contributed by atoms with van der Waals surface area (Å²) in [6.45, 7) is 0. The molecule has 2 heterocycles. The van der Waals surface area contributed by atoms with Crippen molar-refractivity contribution in [1.82, 2.24) is 10.2 Å². The average molecular weight is 337 g/mol. The Kier molecular flexibility index (Phi) is 3.61. The van der Waals surface area contributed by atoms with Crippen molar-refractivity contribution in [2.24, 2.45) is 0 Å². The van der Waals surface area contributed by atoms with Crippen LogP contribution in [0, 0.1) is 0 Å². The lowest BCUT2D eigenvalue weighted by atomic mass is 10.2. The normalized spacial score (nSPS) is 10.8. The summed E-state index contributed by atoms with van der Waals surface area (Å²) in [6, 6.07) is 17.7. The maximum atomic E-state index is 12.5. The van der Waals surface area contributed by atoms with Crippen LogP contribution in [0.4, 0.5) is 5.13 Å². The summed E-state index contributed by atoms with van der Waals surface area (Å²) in [5.41, 5.74) is 1.66. The second kappa shape index (κ2) is 5.91. The van der Waals surface area contributed by atoms with Crippen molar-refractivity contribution in [1.29, 1.82) is 0 Å². The second-order valence-electron chi connectivity index (χ2n) is 4.88. The number of aromatic nitrogens is 2. The van der Waals surface area contributed by atoms with Gasteiger partial charge in [0.15, 0.2) is 0 Å². The number of carbonyl (C=O) groups excluding carboxylic acids is 1. The summed E-state index contributed by atoms with van der Waals surface area (Å²) in [7, 11) is 0. The molecule has 2 aromatic heterocycles. The van der Waals surface area contributed by atoms with Crippen LogP contribution >= 0.6 is 22.7 Å². The van der Waals surface area contributed by atoms with E-state index in [2.05, 4.69) is 15.5 Å². The summed E-state index contributed by atoms with van der Waals surface area (Å²) in [6.07, 6.45) is 0. The summed E-state index contributed by atoms with van der Waals surface area (Å²) in [5, 5.41) is 15.2. The minimum absolute atomic E-state index is 0.154. The van der Waals surface area contributed by atoms with Gasteiger partial charge in [-0.3, -0.25) is 10.1 Å². The van der Waals surface area contributed by atoms with Crippen LogP contribution in [0.15, 0.2) is 60.0 Å². The number of hydrogen-bond donors (Lipinski definition) is 1. The monoisotopic (exact) mass is 337 g/mol. The lowest BCUT2D eigenvalue weighted by Gasteiger charge is -1.99. The number of fused-ring (bicyclic) bond motifs is 1. The molecule has 4 rings (SSSR count). The molecule has 0 atom stereocenters. The van der Waals surface area contributed by atoms with Crippen LogP contribution in [0.5, 0.6) is 0 Å². The van der Waals surface area contributed by atoms with Crippen LogP contribution in [0.1, 0.15) is 10.4 Å². The van der Waals surface area contributed by atoms with Crippen LogP contribution in [0.2, 0.25) is 0 Å². The molecule has 1 N–H and O–H groups in total. The largest absolute Gasteiger partial charge is 0.296 e. The number of anilines is 1. The molecule has 1 amide bonds. The molecule has 6 heteroatoms. The Labute approximate surface area is 140 Å². The molecular weight excluding hydrogens is 326 g/mol. The number of amides is 1. The Morgan fingerprint density at radius 2 is 1.74 bits per heavy atom. The van der Waals surface area contributed by atoms with Gasteiger partial charge in [-0.05, 0) is 6.07 Å². The molecule has 0 bridgehead atoms. The highest BCUT2D eigenvalue weighted by Crippen LogP contribution is 2.29. The van der Waals surface area contributed by atoms with Crippen LogP contribution < -0.4 is 5.32 Å². The third-order valence-electron chi connectivity index (χ3n) is 3.39. The molecule has 0 fully saturated rings. The molecule has 23 heavy (non-hydrogen) atoms. The van der Waals surface area contributed by atoms with Crippen molar-refractivity contribution < 1.29 is 4.79 Å². The van der Waals surface area contributed by atoms with Gasteiger partial charge in [-0.25, -0.2) is 0 Å². The summed E-state index contributed by atoms with van der Waals surface area (Å²) >= 11 is 2.93. The SMILES string of the molecule is O=C(Nc1nnc(-c2ccccc2)s1)c1csc2ccccc12. The van der Waals surface area contributed by atoms with E-state index < -0.39 is 0 Å². The van der Waals surface area contributed by atoms with Crippen molar-refractivity contribution in [3.63, 3.8) is 0 Å². The predicted molar refractivity (Wildman–Crippen MR) is 95.1 cm³/mol. The van der Waals surface area contributed by atoms with Crippen LogP contribution in [0.25, 0.3) is 20.7 Å². The zero-order valence-corrected chi connectivity index (χ0v) is 13.5. The van der Waals surface area contributed by atoms with Gasteiger partial charge in [0.2, 0.25) is 5.13 Å². The number of carbonyl (C=O) groups is 1. The zero-order valence-electron chi connectivity index (χ0n) is 11.9. The van der Waals surface area contributed by atoms with E-state index in [1.54, 1.807) is 11.3 Å². The number of nitrogens with one attached hydrogen (secondary N) is 1. The van der Waals surface area contributed by atoms with E-state index in [9.17, 15) is 4.79 Å². The van der Waals surface area contributed by atoms with Crippen LogP contribution in [-0.2, 0) is 0 Å². The van der Waals surface area contributed by atoms with Crippen molar-refractivity contribution in [3.8, 4) is 10.6 Å². The molecule has 2 aromatic carbocycles. The first-order valence-corrected chi connectivity index (χ1v) is 8.67. The maximum absolute atomic E-state index is 12.5. The lowest BCUT2D eigenvalue weighted by molar-refractivity contribution is 0.102. The Bertz CT molecular complexity index is 976. The first-order valence-electron chi connectivity index (χ1n) is 6.98. The predicted octanol–water partition coefficient (Wildman–Crippen LogP) is 4.67. The van der Waals surface area contributed by atoms with Crippen LogP contribution in [0.3, 0.4) is 0 Å². The number of benzene rings is 2. The van der Waals surface area contributed by atoms with E-state index in [0.717, 1.165) is 20.7 Å². The molecule has 112 valence electrons. The lowest BCUT2D eigenvalue weighted by Crippen LogP contribution is -2.10. The smallest absolute Gasteiger partial charge is 0.258 e. The van der Waals surface area contributed by atoms with Gasteiger partial charge in [0.25, 0.3) is 5.91 Å². The Morgan fingerprint density at radius 3 is 2.61 bits per heavy atom. The van der Waals surface area contributed by atoms with Gasteiger partial charge >= 0.3 is 0 Å². The fourth-order valence-electron chi connectivity index (χ4n) is 2.29. The molecule has 4 aromatic rings. The van der Waals surface area contributed by atoms with E-state index in [-0.39, 0.29) is 5.91 Å². The third kappa shape index (κ3) is 2.74. The Morgan fingerprint density at radius 1 is 0.957 bits per heavy atom. The fourth-order valence-corrected chi connectivity index (χ4v) is 3.97. The van der Waals surface area contributed by atoms with E-state index in [4.69, 9.17) is 0 Å². The van der Waals surface area contributed by atoms with Gasteiger partial charge in [-0.2, -0.15) is 0 Å². The Balaban J connectivity index is 1.59. The van der Waals surface area contributed by atoms with Gasteiger partial charge in [0.1, 0.15) is 5.01 Å². The van der Waals surface area contributed by atoms with Crippen molar-refractivity contribution in [2.75, 3.05) is 5.32 Å².